The number of methoxy groups -OCH3 is 1. The van der Waals surface area contributed by atoms with Gasteiger partial charge in [-0.2, -0.15) is 11.3 Å². The molecule has 0 aliphatic rings. The van der Waals surface area contributed by atoms with Gasteiger partial charge < -0.3 is 10.1 Å². The van der Waals surface area contributed by atoms with E-state index in [0.717, 1.165) is 19.6 Å². The van der Waals surface area contributed by atoms with Gasteiger partial charge in [-0.1, -0.05) is 13.3 Å². The summed E-state index contributed by atoms with van der Waals surface area (Å²) < 4.78 is 5.18. The van der Waals surface area contributed by atoms with Crippen LogP contribution in [0.3, 0.4) is 0 Å². The molecule has 0 aliphatic carbocycles. The molecule has 1 unspecified atom stereocenters. The first-order valence-electron chi connectivity index (χ1n) is 5.60. The van der Waals surface area contributed by atoms with Crippen molar-refractivity contribution in [3.63, 3.8) is 0 Å². The number of ether oxygens (including phenoxy) is 1. The summed E-state index contributed by atoms with van der Waals surface area (Å²) >= 11 is 1.77. The van der Waals surface area contributed by atoms with Crippen molar-refractivity contribution in [1.29, 1.82) is 0 Å². The van der Waals surface area contributed by atoms with Gasteiger partial charge in [0.25, 0.3) is 0 Å². The highest BCUT2D eigenvalue weighted by molar-refractivity contribution is 7.07. The first-order valence-corrected chi connectivity index (χ1v) is 6.54. The first kappa shape index (κ1) is 12.7. The third-order valence-corrected chi connectivity index (χ3v) is 3.16. The molecule has 0 spiro atoms. The molecular weight excluding hydrogens is 206 g/mol. The molecule has 1 heterocycles. The third-order valence-electron chi connectivity index (χ3n) is 2.43. The van der Waals surface area contributed by atoms with E-state index in [1.54, 1.807) is 18.4 Å². The van der Waals surface area contributed by atoms with Crippen LogP contribution < -0.4 is 5.32 Å². The molecule has 0 fully saturated rings. The lowest BCUT2D eigenvalue weighted by molar-refractivity contribution is 0.162. The lowest BCUT2D eigenvalue weighted by Crippen LogP contribution is -2.34. The SMILES string of the molecule is CCCC(COC)NCCc1ccsc1. The summed E-state index contributed by atoms with van der Waals surface area (Å²) in [7, 11) is 1.77. The highest BCUT2D eigenvalue weighted by Crippen LogP contribution is 2.06. The standard InChI is InChI=1S/C12H21NOS/c1-3-4-12(9-14-2)13-7-5-11-6-8-15-10-11/h6,8,10,12-13H,3-5,7,9H2,1-2H3. The summed E-state index contributed by atoms with van der Waals surface area (Å²) in [6, 6.07) is 2.70. The van der Waals surface area contributed by atoms with Crippen LogP contribution in [0, 0.1) is 0 Å². The van der Waals surface area contributed by atoms with Gasteiger partial charge in [0.15, 0.2) is 0 Å². The van der Waals surface area contributed by atoms with E-state index in [1.165, 1.54) is 18.4 Å². The highest BCUT2D eigenvalue weighted by atomic mass is 32.1. The molecule has 0 saturated heterocycles. The molecule has 15 heavy (non-hydrogen) atoms. The molecule has 1 atom stereocenters. The average Bonchev–Trinajstić information content (AvgIpc) is 2.71. The van der Waals surface area contributed by atoms with Gasteiger partial charge in [0.2, 0.25) is 0 Å². The number of hydrogen-bond acceptors (Lipinski definition) is 3. The molecule has 0 radical (unpaired) electrons. The Morgan fingerprint density at radius 3 is 3.00 bits per heavy atom. The van der Waals surface area contributed by atoms with Crippen LogP contribution >= 0.6 is 11.3 Å². The molecule has 0 amide bonds. The van der Waals surface area contributed by atoms with E-state index in [0.29, 0.717) is 6.04 Å². The average molecular weight is 227 g/mol. The predicted molar refractivity (Wildman–Crippen MR) is 66.6 cm³/mol. The lowest BCUT2D eigenvalue weighted by Gasteiger charge is -2.16. The smallest absolute Gasteiger partial charge is 0.0615 e. The normalized spacial score (nSPS) is 12.9. The summed E-state index contributed by atoms with van der Waals surface area (Å²) in [6.45, 7) is 4.07. The minimum Gasteiger partial charge on any atom is -0.383 e. The van der Waals surface area contributed by atoms with E-state index in [2.05, 4.69) is 29.1 Å². The molecule has 86 valence electrons. The Morgan fingerprint density at radius 1 is 1.53 bits per heavy atom. The third kappa shape index (κ3) is 5.30. The quantitative estimate of drug-likeness (QED) is 0.737. The van der Waals surface area contributed by atoms with Crippen molar-refractivity contribution in [2.75, 3.05) is 20.3 Å². The van der Waals surface area contributed by atoms with E-state index in [1.807, 2.05) is 0 Å². The van der Waals surface area contributed by atoms with Crippen LogP contribution in [0.1, 0.15) is 25.3 Å². The second-order valence-corrected chi connectivity index (χ2v) is 4.56. The van der Waals surface area contributed by atoms with Crippen molar-refractivity contribution in [2.24, 2.45) is 0 Å². The van der Waals surface area contributed by atoms with Crippen molar-refractivity contribution in [1.82, 2.24) is 5.32 Å². The fraction of sp³-hybridized carbons (Fsp3) is 0.667. The monoisotopic (exact) mass is 227 g/mol. The molecule has 1 aromatic heterocycles. The van der Waals surface area contributed by atoms with Crippen LogP contribution in [0.2, 0.25) is 0 Å². The fourth-order valence-electron chi connectivity index (χ4n) is 1.65. The number of rotatable bonds is 8. The molecule has 3 heteroatoms. The topological polar surface area (TPSA) is 21.3 Å². The second-order valence-electron chi connectivity index (χ2n) is 3.78. The molecular formula is C12H21NOS. The summed E-state index contributed by atoms with van der Waals surface area (Å²) in [6.07, 6.45) is 3.52. The summed E-state index contributed by atoms with van der Waals surface area (Å²) in [5.41, 5.74) is 1.43. The largest absolute Gasteiger partial charge is 0.383 e. The Labute approximate surface area is 96.7 Å². The van der Waals surface area contributed by atoms with Gasteiger partial charge in [-0.25, -0.2) is 0 Å². The lowest BCUT2D eigenvalue weighted by atomic mass is 10.1. The number of nitrogens with one attached hydrogen (secondary N) is 1. The van der Waals surface area contributed by atoms with Gasteiger partial charge in [-0.05, 0) is 41.8 Å². The minimum atomic E-state index is 0.513. The zero-order valence-corrected chi connectivity index (χ0v) is 10.5. The Hall–Kier alpha value is -0.380. The molecule has 0 bridgehead atoms. The van der Waals surface area contributed by atoms with E-state index in [4.69, 9.17) is 4.74 Å². The van der Waals surface area contributed by atoms with Crippen molar-refractivity contribution in [3.05, 3.63) is 22.4 Å². The van der Waals surface area contributed by atoms with Crippen molar-refractivity contribution in [3.8, 4) is 0 Å². The van der Waals surface area contributed by atoms with Gasteiger partial charge in [-0.15, -0.1) is 0 Å². The molecule has 0 saturated carbocycles. The van der Waals surface area contributed by atoms with Crippen molar-refractivity contribution < 1.29 is 4.74 Å². The molecule has 2 nitrogen and oxygen atoms in total. The van der Waals surface area contributed by atoms with Crippen molar-refractivity contribution in [2.45, 2.75) is 32.2 Å². The Balaban J connectivity index is 2.15. The highest BCUT2D eigenvalue weighted by Gasteiger charge is 2.05. The van der Waals surface area contributed by atoms with E-state index in [-0.39, 0.29) is 0 Å². The van der Waals surface area contributed by atoms with Gasteiger partial charge >= 0.3 is 0 Å². The zero-order valence-electron chi connectivity index (χ0n) is 9.66. The maximum Gasteiger partial charge on any atom is 0.0615 e. The Morgan fingerprint density at radius 2 is 2.40 bits per heavy atom. The second kappa shape index (κ2) is 7.85. The van der Waals surface area contributed by atoms with Crippen LogP contribution in [0.25, 0.3) is 0 Å². The van der Waals surface area contributed by atoms with Crippen LogP contribution in [0.4, 0.5) is 0 Å². The molecule has 1 N–H and O–H groups in total. The molecule has 1 aromatic rings. The van der Waals surface area contributed by atoms with Gasteiger partial charge in [0.1, 0.15) is 0 Å². The zero-order chi connectivity index (χ0) is 10.9. The van der Waals surface area contributed by atoms with Crippen LogP contribution in [0.5, 0.6) is 0 Å². The summed E-state index contributed by atoms with van der Waals surface area (Å²) in [5.74, 6) is 0. The van der Waals surface area contributed by atoms with Crippen molar-refractivity contribution >= 4 is 11.3 Å². The van der Waals surface area contributed by atoms with Crippen LogP contribution in [-0.4, -0.2) is 26.3 Å². The molecule has 1 rings (SSSR count). The number of thiophene rings is 1. The molecule has 0 aliphatic heterocycles. The minimum absolute atomic E-state index is 0.513. The van der Waals surface area contributed by atoms with E-state index in [9.17, 15) is 0 Å². The van der Waals surface area contributed by atoms with Crippen LogP contribution in [0.15, 0.2) is 16.8 Å². The predicted octanol–water partition coefficient (Wildman–Crippen LogP) is 2.70. The van der Waals surface area contributed by atoms with Gasteiger partial charge in [-0.3, -0.25) is 0 Å². The number of hydrogen-bond donors (Lipinski definition) is 1. The maximum atomic E-state index is 5.18. The van der Waals surface area contributed by atoms with E-state index >= 15 is 0 Å². The maximum absolute atomic E-state index is 5.18. The first-order chi connectivity index (χ1) is 7.36. The van der Waals surface area contributed by atoms with Gasteiger partial charge in [0, 0.05) is 13.2 Å². The van der Waals surface area contributed by atoms with Crippen LogP contribution in [-0.2, 0) is 11.2 Å². The fourth-order valence-corrected chi connectivity index (χ4v) is 2.35. The summed E-state index contributed by atoms with van der Waals surface area (Å²) in [4.78, 5) is 0. The summed E-state index contributed by atoms with van der Waals surface area (Å²) in [5, 5.41) is 7.89. The Kier molecular flexibility index (Phi) is 6.64. The Bertz CT molecular complexity index is 230. The van der Waals surface area contributed by atoms with E-state index < -0.39 is 0 Å². The van der Waals surface area contributed by atoms with Gasteiger partial charge in [0.05, 0.1) is 6.61 Å². The molecule has 0 aromatic carbocycles.